The van der Waals surface area contributed by atoms with Crippen LogP contribution < -0.4 is 0 Å². The Hall–Kier alpha value is -1.54. The fourth-order valence-electron chi connectivity index (χ4n) is 15.5. The van der Waals surface area contributed by atoms with Gasteiger partial charge in [0.05, 0.1) is 48.8 Å². The monoisotopic (exact) mass is 868 g/mol. The first-order valence-corrected chi connectivity index (χ1v) is 22.6. The number of ether oxygens (including phenoxy) is 7. The van der Waals surface area contributed by atoms with Gasteiger partial charge in [-0.25, -0.2) is 0 Å². The zero-order valence-corrected chi connectivity index (χ0v) is 37.3. The molecular weight excluding hydrogens is 796 g/mol. The molecule has 11 unspecified atom stereocenters. The maximum Gasteiger partial charge on any atom is 0.303 e. The summed E-state index contributed by atoms with van der Waals surface area (Å²) >= 11 is 0. The SMILES string of the molecule is CC(=O)OC1C(O)COC(O[C@H]2CC[C@]34CC35CC[C@]3(C)[C@@H]([C@]6(C)CC[C@@H](C(C)(C)O)O6)[C@@H](O)C[C@@]3(C)C5C[C@H](OC3O[C@@H](CO)C(O)C(O)C3O)C4C2(C)C)C1OC(C)=O. The van der Waals surface area contributed by atoms with Crippen LogP contribution in [0.15, 0.2) is 0 Å². The highest BCUT2D eigenvalue weighted by atomic mass is 16.7. The number of hydrogen-bond donors (Lipinski definition) is 7. The highest BCUT2D eigenvalue weighted by molar-refractivity contribution is 5.67. The average molecular weight is 869 g/mol. The van der Waals surface area contributed by atoms with Gasteiger partial charge in [0.25, 0.3) is 0 Å². The lowest BCUT2D eigenvalue weighted by Crippen LogP contribution is -2.65. The summed E-state index contributed by atoms with van der Waals surface area (Å²) in [6.07, 6.45) is -7.80. The third-order valence-electron chi connectivity index (χ3n) is 18.2. The Kier molecular flexibility index (Phi) is 11.5. The van der Waals surface area contributed by atoms with Crippen molar-refractivity contribution in [3.05, 3.63) is 0 Å². The van der Waals surface area contributed by atoms with Gasteiger partial charge in [-0.3, -0.25) is 9.59 Å². The quantitative estimate of drug-likeness (QED) is 0.129. The molecule has 16 nitrogen and oxygen atoms in total. The van der Waals surface area contributed by atoms with E-state index in [1.807, 2.05) is 0 Å². The Morgan fingerprint density at radius 2 is 1.43 bits per heavy atom. The number of hydrogen-bond acceptors (Lipinski definition) is 16. The second kappa shape index (κ2) is 15.3. The van der Waals surface area contributed by atoms with Crippen LogP contribution in [0, 0.1) is 44.8 Å². The molecule has 8 fully saturated rings. The Balaban J connectivity index is 1.15. The fourth-order valence-corrected chi connectivity index (χ4v) is 15.5. The number of aliphatic hydroxyl groups is 7. The van der Waals surface area contributed by atoms with Gasteiger partial charge in [-0.1, -0.05) is 27.7 Å². The minimum absolute atomic E-state index is 0.0638. The smallest absolute Gasteiger partial charge is 0.303 e. The predicted molar refractivity (Wildman–Crippen MR) is 213 cm³/mol. The molecule has 0 aromatic heterocycles. The van der Waals surface area contributed by atoms with E-state index in [9.17, 15) is 45.3 Å². The van der Waals surface area contributed by atoms with Crippen molar-refractivity contribution < 1.29 is 78.5 Å². The molecule has 8 aliphatic rings. The number of esters is 2. The minimum Gasteiger partial charge on any atom is -0.455 e. The first-order chi connectivity index (χ1) is 28.3. The molecule has 61 heavy (non-hydrogen) atoms. The van der Waals surface area contributed by atoms with Crippen molar-refractivity contribution in [3.63, 3.8) is 0 Å². The Labute approximate surface area is 358 Å². The van der Waals surface area contributed by atoms with E-state index in [1.54, 1.807) is 13.8 Å². The van der Waals surface area contributed by atoms with Crippen LogP contribution in [0.25, 0.3) is 0 Å². The van der Waals surface area contributed by atoms with Gasteiger partial charge in [0.15, 0.2) is 24.8 Å². The molecule has 7 N–H and O–H groups in total. The van der Waals surface area contributed by atoms with Crippen LogP contribution in [0.2, 0.25) is 0 Å². The summed E-state index contributed by atoms with van der Waals surface area (Å²) in [6.45, 7) is 16.1. The Morgan fingerprint density at radius 3 is 2.05 bits per heavy atom. The molecule has 0 aromatic rings. The second-order valence-corrected chi connectivity index (χ2v) is 22.2. The molecule has 16 heteroatoms. The molecule has 3 heterocycles. The van der Waals surface area contributed by atoms with Crippen molar-refractivity contribution in [2.24, 2.45) is 44.8 Å². The van der Waals surface area contributed by atoms with Gasteiger partial charge in [0, 0.05) is 19.8 Å². The molecule has 2 spiro atoms. The van der Waals surface area contributed by atoms with E-state index < -0.39 is 109 Å². The highest BCUT2D eigenvalue weighted by Crippen LogP contribution is 2.89. The van der Waals surface area contributed by atoms with Crippen molar-refractivity contribution in [2.75, 3.05) is 13.2 Å². The van der Waals surface area contributed by atoms with Crippen molar-refractivity contribution in [1.29, 1.82) is 0 Å². The summed E-state index contributed by atoms with van der Waals surface area (Å²) in [6, 6.07) is 0. The van der Waals surface area contributed by atoms with E-state index in [2.05, 4.69) is 34.6 Å². The number of aliphatic hydroxyl groups excluding tert-OH is 6. The molecule has 5 aliphatic carbocycles. The van der Waals surface area contributed by atoms with Crippen molar-refractivity contribution in [3.8, 4) is 0 Å². The van der Waals surface area contributed by atoms with E-state index in [0.29, 0.717) is 25.7 Å². The van der Waals surface area contributed by atoms with Gasteiger partial charge in [-0.2, -0.15) is 0 Å². The largest absolute Gasteiger partial charge is 0.455 e. The normalized spacial score (nSPS) is 53.8. The summed E-state index contributed by atoms with van der Waals surface area (Å²) in [4.78, 5) is 24.5. The van der Waals surface area contributed by atoms with Gasteiger partial charge in [0.1, 0.15) is 30.5 Å². The summed E-state index contributed by atoms with van der Waals surface area (Å²) in [7, 11) is 0. The Morgan fingerprint density at radius 1 is 0.754 bits per heavy atom. The van der Waals surface area contributed by atoms with Crippen molar-refractivity contribution in [2.45, 2.75) is 211 Å². The summed E-state index contributed by atoms with van der Waals surface area (Å²) < 4.78 is 43.6. The van der Waals surface area contributed by atoms with Gasteiger partial charge < -0.3 is 68.9 Å². The van der Waals surface area contributed by atoms with Crippen LogP contribution in [-0.4, -0.2) is 152 Å². The van der Waals surface area contributed by atoms with Crippen LogP contribution in [0.1, 0.15) is 120 Å². The molecule has 0 radical (unpaired) electrons. The van der Waals surface area contributed by atoms with Crippen molar-refractivity contribution >= 4 is 11.9 Å². The molecule has 3 aliphatic heterocycles. The lowest BCUT2D eigenvalue weighted by atomic mass is 9.41. The predicted octanol–water partition coefficient (Wildman–Crippen LogP) is 1.87. The molecule has 5 saturated carbocycles. The zero-order valence-electron chi connectivity index (χ0n) is 37.3. The number of rotatable bonds is 9. The lowest BCUT2D eigenvalue weighted by molar-refractivity contribution is -0.339. The van der Waals surface area contributed by atoms with Crippen LogP contribution in [-0.2, 0) is 42.7 Å². The van der Waals surface area contributed by atoms with E-state index in [1.165, 1.54) is 13.8 Å². The zero-order chi connectivity index (χ0) is 44.6. The molecule has 3 saturated heterocycles. The van der Waals surface area contributed by atoms with Crippen LogP contribution in [0.5, 0.6) is 0 Å². The van der Waals surface area contributed by atoms with Crippen LogP contribution in [0.3, 0.4) is 0 Å². The Bertz CT molecular complexity index is 1680. The minimum atomic E-state index is -1.63. The maximum atomic E-state index is 12.4. The second-order valence-electron chi connectivity index (χ2n) is 22.2. The molecule has 348 valence electrons. The number of fused-ring (bicyclic) bond motifs is 2. The lowest BCUT2D eigenvalue weighted by Gasteiger charge is -2.65. The molecular formula is C45H72O16. The van der Waals surface area contributed by atoms with Crippen molar-refractivity contribution in [1.82, 2.24) is 0 Å². The van der Waals surface area contributed by atoms with Gasteiger partial charge in [0.2, 0.25) is 0 Å². The molecule has 0 amide bonds. The van der Waals surface area contributed by atoms with Gasteiger partial charge in [-0.15, -0.1) is 0 Å². The first-order valence-electron chi connectivity index (χ1n) is 22.6. The van der Waals surface area contributed by atoms with E-state index >= 15 is 0 Å². The maximum absolute atomic E-state index is 12.4. The van der Waals surface area contributed by atoms with E-state index in [4.69, 9.17) is 33.2 Å². The molecule has 21 atom stereocenters. The van der Waals surface area contributed by atoms with E-state index in [-0.39, 0.29) is 52.1 Å². The fraction of sp³-hybridized carbons (Fsp3) is 0.956. The highest BCUT2D eigenvalue weighted by Gasteiger charge is 2.85. The third kappa shape index (κ3) is 6.89. The molecule has 0 bridgehead atoms. The number of carbonyl (C=O) groups excluding carboxylic acids is 2. The van der Waals surface area contributed by atoms with Crippen LogP contribution >= 0.6 is 0 Å². The summed E-state index contributed by atoms with van der Waals surface area (Å²) in [5.74, 6) is -1.67. The van der Waals surface area contributed by atoms with Gasteiger partial charge >= 0.3 is 11.9 Å². The summed E-state index contributed by atoms with van der Waals surface area (Å²) in [5.41, 5.74) is -3.46. The summed E-state index contributed by atoms with van der Waals surface area (Å²) in [5, 5.41) is 77.1. The van der Waals surface area contributed by atoms with Crippen LogP contribution in [0.4, 0.5) is 0 Å². The number of carbonyl (C=O) groups is 2. The first kappa shape index (κ1) is 46.0. The third-order valence-corrected chi connectivity index (χ3v) is 18.2. The standard InChI is InChI=1S/C45H72O16/c1-21(47)56-33-24(50)19-55-38(34(33)57-22(2)48)60-28-11-13-45-20-44(45)15-14-41(7)35(43(9)12-10-29(61-43)40(5,6)54)23(49)17-42(41,8)27(44)16-25(36(45)39(28,3)4)58-37-32(53)31(52)30(51)26(18-46)59-37/h23-38,46,49-54H,10-20H2,1-9H3/t23-,24?,25-,26-,27?,28-,29-,30?,31?,32?,33?,34?,35-,36?,37?,38?,41+,42-,43-,44?,45+/m0/s1. The van der Waals surface area contributed by atoms with E-state index in [0.717, 1.165) is 32.1 Å². The topological polar surface area (TPSA) is 240 Å². The molecule has 8 rings (SSSR count). The average Bonchev–Trinajstić information content (AvgIpc) is 3.52. The van der Waals surface area contributed by atoms with Gasteiger partial charge in [-0.05, 0) is 117 Å². The molecule has 0 aromatic carbocycles.